The first-order valence-electron chi connectivity index (χ1n) is 8.04. The molecule has 1 aliphatic rings. The van der Waals surface area contributed by atoms with E-state index in [1.54, 1.807) is 17.2 Å². The van der Waals surface area contributed by atoms with Crippen molar-refractivity contribution in [2.45, 2.75) is 27.3 Å². The van der Waals surface area contributed by atoms with Gasteiger partial charge in [0.25, 0.3) is 0 Å². The highest BCUT2D eigenvalue weighted by Crippen LogP contribution is 2.32. The Bertz CT molecular complexity index is 819. The zero-order valence-corrected chi connectivity index (χ0v) is 15.3. The standard InChI is InChI=1S/C19H20N2O3S/c1-19(2,3)15(22)9-17-21(16(23)12-25-17)10-14-11-24-18(20-14)13-7-5-4-6-8-13/h4-9,11H,10,12H2,1-3H3/b17-9-. The van der Waals surface area contributed by atoms with Crippen molar-refractivity contribution in [3.63, 3.8) is 0 Å². The van der Waals surface area contributed by atoms with Crippen molar-refractivity contribution in [1.29, 1.82) is 0 Å². The molecule has 2 aromatic rings. The Labute approximate surface area is 151 Å². The van der Waals surface area contributed by atoms with E-state index >= 15 is 0 Å². The van der Waals surface area contributed by atoms with Gasteiger partial charge in [0.2, 0.25) is 11.8 Å². The summed E-state index contributed by atoms with van der Waals surface area (Å²) in [5.41, 5.74) is 1.07. The predicted molar refractivity (Wildman–Crippen MR) is 97.5 cm³/mol. The van der Waals surface area contributed by atoms with Gasteiger partial charge in [0.15, 0.2) is 5.78 Å². The molecule has 0 spiro atoms. The predicted octanol–water partition coefficient (Wildman–Crippen LogP) is 3.87. The van der Waals surface area contributed by atoms with E-state index in [0.717, 1.165) is 5.56 Å². The van der Waals surface area contributed by atoms with Crippen molar-refractivity contribution >= 4 is 23.5 Å². The third-order valence-electron chi connectivity index (χ3n) is 3.80. The number of hydrogen-bond acceptors (Lipinski definition) is 5. The molecule has 25 heavy (non-hydrogen) atoms. The number of ketones is 1. The molecule has 0 atom stereocenters. The normalized spacial score (nSPS) is 16.7. The smallest absolute Gasteiger partial charge is 0.238 e. The van der Waals surface area contributed by atoms with E-state index in [1.165, 1.54) is 11.8 Å². The second kappa shape index (κ2) is 6.88. The molecule has 5 nitrogen and oxygen atoms in total. The molecule has 1 saturated heterocycles. The molecule has 3 rings (SSSR count). The van der Waals surface area contributed by atoms with E-state index in [0.29, 0.717) is 28.9 Å². The van der Waals surface area contributed by atoms with E-state index in [2.05, 4.69) is 4.98 Å². The minimum absolute atomic E-state index is 0.000160. The maximum Gasteiger partial charge on any atom is 0.238 e. The number of carbonyl (C=O) groups excluding carboxylic acids is 2. The lowest BCUT2D eigenvalue weighted by Crippen LogP contribution is -2.26. The Hall–Kier alpha value is -2.34. The molecular formula is C19H20N2O3S. The number of allylic oxidation sites excluding steroid dienone is 1. The summed E-state index contributed by atoms with van der Waals surface area (Å²) in [4.78, 5) is 30.5. The second-order valence-corrected chi connectivity index (χ2v) is 7.87. The van der Waals surface area contributed by atoms with Crippen LogP contribution in [0, 0.1) is 5.41 Å². The van der Waals surface area contributed by atoms with Gasteiger partial charge in [0.1, 0.15) is 6.26 Å². The fourth-order valence-electron chi connectivity index (χ4n) is 2.28. The van der Waals surface area contributed by atoms with Crippen LogP contribution < -0.4 is 0 Å². The Balaban J connectivity index is 1.79. The van der Waals surface area contributed by atoms with Crippen molar-refractivity contribution in [3.05, 3.63) is 53.4 Å². The van der Waals surface area contributed by atoms with Gasteiger partial charge >= 0.3 is 0 Å². The van der Waals surface area contributed by atoms with Crippen LogP contribution in [0.4, 0.5) is 0 Å². The molecule has 0 aliphatic carbocycles. The van der Waals surface area contributed by atoms with E-state index in [9.17, 15) is 9.59 Å². The number of carbonyl (C=O) groups is 2. The van der Waals surface area contributed by atoms with Gasteiger partial charge in [0.05, 0.1) is 23.0 Å². The lowest BCUT2D eigenvalue weighted by Gasteiger charge is -2.18. The Kier molecular flexibility index (Phi) is 4.81. The van der Waals surface area contributed by atoms with Gasteiger partial charge in [-0.1, -0.05) is 50.7 Å². The molecule has 6 heteroatoms. The summed E-state index contributed by atoms with van der Waals surface area (Å²) in [5.74, 6) is 0.834. The van der Waals surface area contributed by atoms with Crippen molar-refractivity contribution < 1.29 is 14.0 Å². The van der Waals surface area contributed by atoms with Gasteiger partial charge in [0, 0.05) is 17.1 Å². The average molecular weight is 356 g/mol. The van der Waals surface area contributed by atoms with Crippen LogP contribution in [0.2, 0.25) is 0 Å². The first-order chi connectivity index (χ1) is 11.8. The molecule has 1 aliphatic heterocycles. The largest absolute Gasteiger partial charge is 0.444 e. The third-order valence-corrected chi connectivity index (χ3v) is 4.82. The van der Waals surface area contributed by atoms with Crippen molar-refractivity contribution in [1.82, 2.24) is 9.88 Å². The molecule has 1 aromatic heterocycles. The van der Waals surface area contributed by atoms with Gasteiger partial charge in [-0.05, 0) is 12.1 Å². The number of nitrogens with zero attached hydrogens (tertiary/aromatic N) is 2. The minimum Gasteiger partial charge on any atom is -0.444 e. The fourth-order valence-corrected chi connectivity index (χ4v) is 3.22. The van der Waals surface area contributed by atoms with E-state index < -0.39 is 5.41 Å². The SMILES string of the molecule is CC(C)(C)C(=O)/C=C1\SCC(=O)N1Cc1coc(-c2ccccc2)n1. The Morgan fingerprint density at radius 1 is 1.32 bits per heavy atom. The van der Waals surface area contributed by atoms with E-state index in [4.69, 9.17) is 4.42 Å². The molecule has 0 bridgehead atoms. The molecule has 130 valence electrons. The molecule has 1 aromatic carbocycles. The van der Waals surface area contributed by atoms with Gasteiger partial charge in [-0.25, -0.2) is 4.98 Å². The van der Waals surface area contributed by atoms with E-state index in [-0.39, 0.29) is 11.7 Å². The maximum absolute atomic E-state index is 12.3. The number of thioether (sulfide) groups is 1. The summed E-state index contributed by atoms with van der Waals surface area (Å²) in [6, 6.07) is 9.59. The molecule has 2 heterocycles. The molecule has 0 unspecified atom stereocenters. The molecule has 1 amide bonds. The van der Waals surface area contributed by atoms with Crippen molar-refractivity contribution in [2.24, 2.45) is 5.41 Å². The Morgan fingerprint density at radius 3 is 2.72 bits per heavy atom. The third kappa shape index (κ3) is 4.02. The van der Waals surface area contributed by atoms with E-state index in [1.807, 2.05) is 51.1 Å². The minimum atomic E-state index is -0.473. The van der Waals surface area contributed by atoms with Gasteiger partial charge in [-0.3, -0.25) is 14.5 Å². The van der Waals surface area contributed by atoms with Crippen LogP contribution in [0.5, 0.6) is 0 Å². The first-order valence-corrected chi connectivity index (χ1v) is 9.02. The highest BCUT2D eigenvalue weighted by Gasteiger charge is 2.30. The van der Waals surface area contributed by atoms with Crippen LogP contribution in [-0.4, -0.2) is 27.3 Å². The quantitative estimate of drug-likeness (QED) is 0.778. The maximum atomic E-state index is 12.3. The van der Waals surface area contributed by atoms with Crippen LogP contribution in [0.3, 0.4) is 0 Å². The summed E-state index contributed by atoms with van der Waals surface area (Å²) >= 11 is 1.38. The summed E-state index contributed by atoms with van der Waals surface area (Å²) in [7, 11) is 0. The van der Waals surface area contributed by atoms with Crippen LogP contribution >= 0.6 is 11.8 Å². The summed E-state index contributed by atoms with van der Waals surface area (Å²) in [6.07, 6.45) is 3.12. The van der Waals surface area contributed by atoms with Gasteiger partial charge in [-0.15, -0.1) is 0 Å². The number of hydrogen-bond donors (Lipinski definition) is 0. The van der Waals surface area contributed by atoms with Crippen LogP contribution in [-0.2, 0) is 16.1 Å². The summed E-state index contributed by atoms with van der Waals surface area (Å²) in [6.45, 7) is 5.89. The fraction of sp³-hybridized carbons (Fsp3) is 0.316. The number of rotatable bonds is 4. The summed E-state index contributed by atoms with van der Waals surface area (Å²) < 4.78 is 5.52. The zero-order valence-electron chi connectivity index (χ0n) is 14.5. The highest BCUT2D eigenvalue weighted by molar-refractivity contribution is 8.04. The van der Waals surface area contributed by atoms with Crippen molar-refractivity contribution in [3.8, 4) is 11.5 Å². The van der Waals surface area contributed by atoms with Crippen LogP contribution in [0.1, 0.15) is 26.5 Å². The molecule has 0 radical (unpaired) electrons. The van der Waals surface area contributed by atoms with Crippen molar-refractivity contribution in [2.75, 3.05) is 5.75 Å². The molecule has 0 N–H and O–H groups in total. The second-order valence-electron chi connectivity index (χ2n) is 6.88. The lowest BCUT2D eigenvalue weighted by atomic mass is 9.91. The average Bonchev–Trinajstić information content (AvgIpc) is 3.17. The number of amides is 1. The van der Waals surface area contributed by atoms with Crippen LogP contribution in [0.15, 0.2) is 52.1 Å². The Morgan fingerprint density at radius 2 is 2.04 bits per heavy atom. The van der Waals surface area contributed by atoms with Crippen LogP contribution in [0.25, 0.3) is 11.5 Å². The molecule has 0 saturated carbocycles. The molecular weight excluding hydrogens is 336 g/mol. The highest BCUT2D eigenvalue weighted by atomic mass is 32.2. The lowest BCUT2D eigenvalue weighted by molar-refractivity contribution is -0.125. The van der Waals surface area contributed by atoms with Gasteiger partial charge < -0.3 is 4.42 Å². The number of aromatic nitrogens is 1. The number of benzene rings is 1. The monoisotopic (exact) mass is 356 g/mol. The zero-order chi connectivity index (χ0) is 18.0. The number of oxazole rings is 1. The van der Waals surface area contributed by atoms with Gasteiger partial charge in [-0.2, -0.15) is 0 Å². The molecule has 1 fully saturated rings. The topological polar surface area (TPSA) is 63.4 Å². The first kappa shape index (κ1) is 17.5. The summed E-state index contributed by atoms with van der Waals surface area (Å²) in [5, 5.41) is 0.675.